The van der Waals surface area contributed by atoms with Gasteiger partial charge in [-0.2, -0.15) is 8.42 Å². The first-order valence-electron chi connectivity index (χ1n) is 3.80. The van der Waals surface area contributed by atoms with Crippen LogP contribution in [0.3, 0.4) is 0 Å². The van der Waals surface area contributed by atoms with Crippen molar-refractivity contribution in [2.45, 2.75) is 4.90 Å². The fourth-order valence-corrected chi connectivity index (χ4v) is 1.95. The van der Waals surface area contributed by atoms with Gasteiger partial charge in [-0.15, -0.1) is 3.89 Å². The molecule has 4 nitrogen and oxygen atoms in total. The minimum absolute atomic E-state index is 0.271. The van der Waals surface area contributed by atoms with Crippen molar-refractivity contribution in [1.82, 2.24) is 4.98 Å². The van der Waals surface area contributed by atoms with Crippen molar-refractivity contribution in [3.05, 3.63) is 24.4 Å². The summed E-state index contributed by atoms with van der Waals surface area (Å²) in [5.74, 6) is 0. The summed E-state index contributed by atoms with van der Waals surface area (Å²) in [4.78, 5) is 2.27. The Hall–Kier alpha value is -1.56. The van der Waals surface area contributed by atoms with Crippen LogP contribution in [-0.2, 0) is 10.2 Å². The molecule has 1 aromatic heterocycles. The van der Waals surface area contributed by atoms with Gasteiger partial charge in [-0.05, 0) is 18.2 Å². The van der Waals surface area contributed by atoms with Crippen LogP contribution < -0.4 is 5.73 Å². The zero-order valence-electron chi connectivity index (χ0n) is 6.99. The van der Waals surface area contributed by atoms with Crippen LogP contribution in [0.1, 0.15) is 0 Å². The van der Waals surface area contributed by atoms with E-state index >= 15 is 0 Å². The van der Waals surface area contributed by atoms with Gasteiger partial charge < -0.3 is 10.7 Å². The summed E-state index contributed by atoms with van der Waals surface area (Å²) in [5, 5.41) is 0.271. The summed E-state index contributed by atoms with van der Waals surface area (Å²) >= 11 is 0. The number of hydrogen-bond acceptors (Lipinski definition) is 3. The zero-order chi connectivity index (χ0) is 10.3. The number of nitrogens with one attached hydrogen (secondary N) is 1. The van der Waals surface area contributed by atoms with E-state index in [1.807, 2.05) is 0 Å². The molecule has 0 saturated heterocycles. The van der Waals surface area contributed by atoms with E-state index in [9.17, 15) is 12.3 Å². The molecule has 0 saturated carbocycles. The molecule has 3 N–H and O–H groups in total. The summed E-state index contributed by atoms with van der Waals surface area (Å²) < 4.78 is 34.1. The molecule has 6 heteroatoms. The van der Waals surface area contributed by atoms with Gasteiger partial charge in [-0.1, -0.05) is 0 Å². The van der Waals surface area contributed by atoms with Crippen molar-refractivity contribution < 1.29 is 12.3 Å². The van der Waals surface area contributed by atoms with E-state index in [0.717, 1.165) is 6.20 Å². The first kappa shape index (κ1) is 9.01. The number of aromatic amines is 1. The maximum absolute atomic E-state index is 12.7. The number of nitrogen functional groups attached to an aromatic ring is 1. The highest BCUT2D eigenvalue weighted by molar-refractivity contribution is 7.86. The Morgan fingerprint density at radius 2 is 2.07 bits per heavy atom. The molecule has 0 atom stereocenters. The van der Waals surface area contributed by atoms with Crippen molar-refractivity contribution in [3.63, 3.8) is 0 Å². The average molecular weight is 214 g/mol. The highest BCUT2D eigenvalue weighted by Gasteiger charge is 2.17. The van der Waals surface area contributed by atoms with Crippen LogP contribution in [0.5, 0.6) is 0 Å². The molecule has 0 radical (unpaired) electrons. The molecule has 0 bridgehead atoms. The molecule has 1 heterocycles. The number of anilines is 1. The Bertz CT molecular complexity index is 588. The Morgan fingerprint density at radius 1 is 1.36 bits per heavy atom. The highest BCUT2D eigenvalue weighted by atomic mass is 32.3. The molecule has 0 unspecified atom stereocenters. The van der Waals surface area contributed by atoms with Crippen LogP contribution in [0, 0.1) is 0 Å². The fraction of sp³-hybridized carbons (Fsp3) is 0. The summed E-state index contributed by atoms with van der Waals surface area (Å²) in [7, 11) is -4.69. The van der Waals surface area contributed by atoms with Crippen LogP contribution in [0.25, 0.3) is 10.9 Å². The molecule has 0 amide bonds. The normalized spacial score (nSPS) is 12.1. The Morgan fingerprint density at radius 3 is 2.71 bits per heavy atom. The second-order valence-electron chi connectivity index (χ2n) is 2.90. The van der Waals surface area contributed by atoms with Crippen LogP contribution in [0.2, 0.25) is 0 Å². The van der Waals surface area contributed by atoms with Crippen molar-refractivity contribution in [1.29, 1.82) is 0 Å². The second-order valence-corrected chi connectivity index (χ2v) is 4.21. The van der Waals surface area contributed by atoms with E-state index in [2.05, 4.69) is 4.98 Å². The standard InChI is InChI=1S/C8H7FN2O2S/c9-14(12,13)8-4-11-7-2-1-5(10)3-6(7)8/h1-4,11H,10H2. The largest absolute Gasteiger partial charge is 0.399 e. The SMILES string of the molecule is Nc1ccc2[nH]cc(S(=O)(=O)F)c2c1. The third-order valence-corrected chi connectivity index (χ3v) is 2.79. The number of benzene rings is 1. The summed E-state index contributed by atoms with van der Waals surface area (Å²) in [6.45, 7) is 0. The molecular weight excluding hydrogens is 207 g/mol. The molecule has 0 aliphatic carbocycles. The first-order chi connectivity index (χ1) is 6.48. The third-order valence-electron chi connectivity index (χ3n) is 1.93. The van der Waals surface area contributed by atoms with Crippen molar-refractivity contribution >= 4 is 26.8 Å². The number of H-pyrrole nitrogens is 1. The molecule has 0 aliphatic rings. The van der Waals surface area contributed by atoms with E-state index in [-0.39, 0.29) is 10.3 Å². The summed E-state index contributed by atoms with van der Waals surface area (Å²) in [6.07, 6.45) is 1.11. The third kappa shape index (κ3) is 1.33. The Balaban J connectivity index is 2.87. The molecule has 0 aliphatic heterocycles. The van der Waals surface area contributed by atoms with Gasteiger partial charge in [-0.3, -0.25) is 0 Å². The number of rotatable bonds is 1. The lowest BCUT2D eigenvalue weighted by molar-refractivity contribution is 0.553. The predicted molar refractivity (Wildman–Crippen MR) is 51.0 cm³/mol. The lowest BCUT2D eigenvalue weighted by Gasteiger charge is -1.94. The lowest BCUT2D eigenvalue weighted by atomic mass is 10.2. The van der Waals surface area contributed by atoms with Crippen LogP contribution in [-0.4, -0.2) is 13.4 Å². The van der Waals surface area contributed by atoms with E-state index in [1.165, 1.54) is 6.07 Å². The number of aromatic nitrogens is 1. The summed E-state index contributed by atoms with van der Waals surface area (Å²) in [6, 6.07) is 4.62. The molecule has 74 valence electrons. The number of fused-ring (bicyclic) bond motifs is 1. The van der Waals surface area contributed by atoms with Crippen molar-refractivity contribution in [2.75, 3.05) is 5.73 Å². The van der Waals surface area contributed by atoms with E-state index < -0.39 is 10.2 Å². The molecule has 2 rings (SSSR count). The van der Waals surface area contributed by atoms with Crippen molar-refractivity contribution in [3.8, 4) is 0 Å². The highest BCUT2D eigenvalue weighted by Crippen LogP contribution is 2.25. The molecule has 0 spiro atoms. The van der Waals surface area contributed by atoms with E-state index in [0.29, 0.717) is 11.2 Å². The van der Waals surface area contributed by atoms with E-state index in [4.69, 9.17) is 5.73 Å². The maximum Gasteiger partial charge on any atom is 0.334 e. The smallest absolute Gasteiger partial charge is 0.334 e. The fourth-order valence-electron chi connectivity index (χ4n) is 1.31. The molecule has 0 fully saturated rings. The monoisotopic (exact) mass is 214 g/mol. The van der Waals surface area contributed by atoms with Gasteiger partial charge in [0.05, 0.1) is 0 Å². The number of halogens is 1. The Kier molecular flexibility index (Phi) is 1.75. The molecule has 2 aromatic rings. The number of nitrogens with two attached hydrogens (primary N) is 1. The average Bonchev–Trinajstić information content (AvgIpc) is 2.45. The zero-order valence-corrected chi connectivity index (χ0v) is 7.81. The lowest BCUT2D eigenvalue weighted by Crippen LogP contribution is -1.90. The van der Waals surface area contributed by atoms with E-state index in [1.54, 1.807) is 12.1 Å². The van der Waals surface area contributed by atoms with Gasteiger partial charge in [0, 0.05) is 22.8 Å². The topological polar surface area (TPSA) is 76.0 Å². The maximum atomic E-state index is 12.7. The number of hydrogen-bond donors (Lipinski definition) is 2. The predicted octanol–water partition coefficient (Wildman–Crippen LogP) is 1.41. The van der Waals surface area contributed by atoms with Gasteiger partial charge in [0.2, 0.25) is 0 Å². The molecule has 1 aromatic carbocycles. The quantitative estimate of drug-likeness (QED) is 0.556. The Labute approximate surface area is 79.7 Å². The molecule has 14 heavy (non-hydrogen) atoms. The van der Waals surface area contributed by atoms with Crippen molar-refractivity contribution in [2.24, 2.45) is 0 Å². The van der Waals surface area contributed by atoms with Gasteiger partial charge in [0.1, 0.15) is 4.90 Å². The van der Waals surface area contributed by atoms with Crippen LogP contribution in [0.15, 0.2) is 29.3 Å². The molecular formula is C8H7FN2O2S. The minimum atomic E-state index is -4.69. The van der Waals surface area contributed by atoms with Gasteiger partial charge in [0.15, 0.2) is 0 Å². The van der Waals surface area contributed by atoms with Gasteiger partial charge in [-0.25, -0.2) is 0 Å². The van der Waals surface area contributed by atoms with Crippen LogP contribution >= 0.6 is 0 Å². The minimum Gasteiger partial charge on any atom is -0.399 e. The summed E-state index contributed by atoms with van der Waals surface area (Å²) in [5.41, 5.74) is 6.39. The van der Waals surface area contributed by atoms with Gasteiger partial charge >= 0.3 is 10.2 Å². The first-order valence-corrected chi connectivity index (χ1v) is 5.18. The van der Waals surface area contributed by atoms with Crippen LogP contribution in [0.4, 0.5) is 9.57 Å². The second kappa shape index (κ2) is 2.71. The van der Waals surface area contributed by atoms with Gasteiger partial charge in [0.25, 0.3) is 0 Å².